The number of hydrogen-bond acceptors (Lipinski definition) is 5. The van der Waals surface area contributed by atoms with E-state index in [0.29, 0.717) is 18.0 Å². The summed E-state index contributed by atoms with van der Waals surface area (Å²) in [4.78, 5) is 28.2. The van der Waals surface area contributed by atoms with E-state index in [1.54, 1.807) is 18.2 Å². The minimum atomic E-state index is -0.783. The third kappa shape index (κ3) is 5.57. The van der Waals surface area contributed by atoms with Crippen LogP contribution >= 0.6 is 12.6 Å². The van der Waals surface area contributed by atoms with E-state index in [-0.39, 0.29) is 29.3 Å². The van der Waals surface area contributed by atoms with Crippen LogP contribution in [0.5, 0.6) is 0 Å². The molecular weight excluding hydrogens is 415 g/mol. The summed E-state index contributed by atoms with van der Waals surface area (Å²) in [5.74, 6) is -0.505. The van der Waals surface area contributed by atoms with Gasteiger partial charge in [-0.2, -0.15) is 12.6 Å². The Morgan fingerprint density at radius 2 is 1.84 bits per heavy atom. The van der Waals surface area contributed by atoms with Crippen LogP contribution in [-0.2, 0) is 9.59 Å². The summed E-state index contributed by atoms with van der Waals surface area (Å²) in [5.41, 5.74) is 1.69. The van der Waals surface area contributed by atoms with Crippen molar-refractivity contribution in [2.75, 3.05) is 32.7 Å². The normalized spacial score (nSPS) is 26.1. The summed E-state index contributed by atoms with van der Waals surface area (Å²) >= 11 is 4.80. The van der Waals surface area contributed by atoms with E-state index in [1.807, 2.05) is 4.90 Å². The standard InChI is InChI=1S/C24H31FN2O3S/c25-20-4-2-1-3-19(20)23(24(30)17-5-6-17)27-12-9-21(31)18(14-27)13-16-7-10-26(11-8-16)15-22(28)29/h1-4,13,16-17,21,23,31H,5-12,14-15H2,(H,28,29)/b18-13+. The number of thiol groups is 1. The van der Waals surface area contributed by atoms with Gasteiger partial charge >= 0.3 is 5.97 Å². The zero-order chi connectivity index (χ0) is 22.0. The molecule has 0 bridgehead atoms. The average molecular weight is 447 g/mol. The second-order valence-corrected chi connectivity index (χ2v) is 9.75. The SMILES string of the molecule is O=C(O)CN1CCC(/C=C2\CN(C(C(=O)C3CC3)c3ccccc3F)CCC2S)CC1. The highest BCUT2D eigenvalue weighted by Crippen LogP contribution is 2.39. The highest BCUT2D eigenvalue weighted by Gasteiger charge is 2.41. The Bertz CT molecular complexity index is 849. The van der Waals surface area contributed by atoms with Crippen LogP contribution in [0, 0.1) is 17.7 Å². The summed E-state index contributed by atoms with van der Waals surface area (Å²) in [7, 11) is 0. The number of carbonyl (C=O) groups excluding carboxylic acids is 1. The molecule has 0 spiro atoms. The molecule has 4 rings (SSSR count). The minimum absolute atomic E-state index is 0.0596. The Morgan fingerprint density at radius 3 is 2.48 bits per heavy atom. The molecule has 0 aromatic heterocycles. The Labute approximate surface area is 188 Å². The van der Waals surface area contributed by atoms with Gasteiger partial charge in [0.25, 0.3) is 0 Å². The van der Waals surface area contributed by atoms with Crippen molar-refractivity contribution in [1.82, 2.24) is 9.80 Å². The van der Waals surface area contributed by atoms with Gasteiger partial charge in [0.05, 0.1) is 12.6 Å². The summed E-state index contributed by atoms with van der Waals surface area (Å²) in [6.45, 7) is 3.00. The van der Waals surface area contributed by atoms with Crippen LogP contribution in [0.1, 0.15) is 43.7 Å². The summed E-state index contributed by atoms with van der Waals surface area (Å²) in [6, 6.07) is 6.12. The minimum Gasteiger partial charge on any atom is -0.480 e. The predicted molar refractivity (Wildman–Crippen MR) is 121 cm³/mol. The number of ketones is 1. The van der Waals surface area contributed by atoms with Crippen LogP contribution < -0.4 is 0 Å². The number of allylic oxidation sites excluding steroid dienone is 1. The molecule has 2 aliphatic heterocycles. The van der Waals surface area contributed by atoms with Gasteiger partial charge in [0.2, 0.25) is 0 Å². The van der Waals surface area contributed by atoms with Gasteiger partial charge in [0, 0.05) is 29.8 Å². The molecular formula is C24H31FN2O3S. The highest BCUT2D eigenvalue weighted by atomic mass is 32.1. The summed E-state index contributed by atoms with van der Waals surface area (Å²) < 4.78 is 14.7. The maximum absolute atomic E-state index is 14.7. The number of halogens is 1. The van der Waals surface area contributed by atoms with Crippen molar-refractivity contribution in [1.29, 1.82) is 0 Å². The number of piperidine rings is 2. The molecule has 5 nitrogen and oxygen atoms in total. The fraction of sp³-hybridized carbons (Fsp3) is 0.583. The van der Waals surface area contributed by atoms with Crippen molar-refractivity contribution in [2.24, 2.45) is 11.8 Å². The number of carbonyl (C=O) groups is 2. The number of hydrogen-bond donors (Lipinski definition) is 2. The van der Waals surface area contributed by atoms with Crippen molar-refractivity contribution >= 4 is 24.4 Å². The fourth-order valence-electron chi connectivity index (χ4n) is 4.87. The first kappa shape index (κ1) is 22.5. The number of carboxylic acid groups (broad SMARTS) is 1. The Balaban J connectivity index is 1.49. The van der Waals surface area contributed by atoms with E-state index in [2.05, 4.69) is 11.0 Å². The van der Waals surface area contributed by atoms with E-state index in [0.717, 1.165) is 51.7 Å². The number of rotatable bonds is 7. The molecule has 2 saturated heterocycles. The van der Waals surface area contributed by atoms with Gasteiger partial charge < -0.3 is 5.11 Å². The van der Waals surface area contributed by atoms with Gasteiger partial charge in [0.15, 0.2) is 5.78 Å². The number of nitrogens with zero attached hydrogens (tertiary/aromatic N) is 2. The molecule has 0 radical (unpaired) electrons. The molecule has 3 fully saturated rings. The molecule has 1 N–H and O–H groups in total. The van der Waals surface area contributed by atoms with E-state index >= 15 is 0 Å². The quantitative estimate of drug-likeness (QED) is 0.495. The molecule has 1 aromatic carbocycles. The van der Waals surface area contributed by atoms with Crippen molar-refractivity contribution in [2.45, 2.75) is 43.4 Å². The summed E-state index contributed by atoms with van der Waals surface area (Å²) in [6.07, 6.45) is 6.79. The first-order valence-electron chi connectivity index (χ1n) is 11.3. The van der Waals surface area contributed by atoms with Crippen LogP contribution in [0.15, 0.2) is 35.9 Å². The van der Waals surface area contributed by atoms with Gasteiger partial charge in [-0.05, 0) is 62.8 Å². The zero-order valence-corrected chi connectivity index (χ0v) is 18.6. The van der Waals surface area contributed by atoms with Gasteiger partial charge in [-0.15, -0.1) is 0 Å². The van der Waals surface area contributed by atoms with Crippen LogP contribution in [-0.4, -0.2) is 64.6 Å². The lowest BCUT2D eigenvalue weighted by Crippen LogP contribution is -2.43. The third-order valence-electron chi connectivity index (χ3n) is 6.76. The molecule has 2 heterocycles. The molecule has 1 aromatic rings. The number of benzene rings is 1. The van der Waals surface area contributed by atoms with Crippen LogP contribution in [0.25, 0.3) is 0 Å². The van der Waals surface area contributed by atoms with E-state index < -0.39 is 12.0 Å². The molecule has 2 unspecified atom stereocenters. The third-order valence-corrected chi connectivity index (χ3v) is 7.35. The van der Waals surface area contributed by atoms with Crippen molar-refractivity contribution in [3.05, 3.63) is 47.3 Å². The Kier molecular flexibility index (Phi) is 7.14. The topological polar surface area (TPSA) is 60.9 Å². The van der Waals surface area contributed by atoms with Crippen molar-refractivity contribution in [3.63, 3.8) is 0 Å². The lowest BCUT2D eigenvalue weighted by atomic mass is 9.89. The van der Waals surface area contributed by atoms with Gasteiger partial charge in [0.1, 0.15) is 5.82 Å². The number of Topliss-reactive ketones (excluding diaryl/α,β-unsaturated/α-hetero) is 1. The van der Waals surface area contributed by atoms with E-state index in [9.17, 15) is 14.0 Å². The van der Waals surface area contributed by atoms with Crippen LogP contribution in [0.2, 0.25) is 0 Å². The van der Waals surface area contributed by atoms with Gasteiger partial charge in [-0.3, -0.25) is 19.4 Å². The van der Waals surface area contributed by atoms with E-state index in [1.165, 1.54) is 11.6 Å². The Morgan fingerprint density at radius 1 is 1.13 bits per heavy atom. The molecule has 1 saturated carbocycles. The number of aliphatic carboxylic acids is 1. The largest absolute Gasteiger partial charge is 0.480 e. The number of carboxylic acids is 1. The maximum Gasteiger partial charge on any atom is 0.317 e. The zero-order valence-electron chi connectivity index (χ0n) is 17.8. The molecule has 0 amide bonds. The van der Waals surface area contributed by atoms with Crippen molar-refractivity contribution < 1.29 is 19.1 Å². The first-order valence-corrected chi connectivity index (χ1v) is 11.8. The van der Waals surface area contributed by atoms with Crippen molar-refractivity contribution in [3.8, 4) is 0 Å². The molecule has 31 heavy (non-hydrogen) atoms. The summed E-state index contributed by atoms with van der Waals surface area (Å²) in [5, 5.41) is 9.13. The molecule has 7 heteroatoms. The second kappa shape index (κ2) is 9.84. The second-order valence-electron chi connectivity index (χ2n) is 9.12. The van der Waals surface area contributed by atoms with Crippen LogP contribution in [0.4, 0.5) is 4.39 Å². The molecule has 1 aliphatic carbocycles. The molecule has 168 valence electrons. The predicted octanol–water partition coefficient (Wildman–Crippen LogP) is 3.57. The van der Waals surface area contributed by atoms with Gasteiger partial charge in [-0.1, -0.05) is 24.3 Å². The lowest BCUT2D eigenvalue weighted by molar-refractivity contribution is -0.138. The first-order chi connectivity index (χ1) is 14.9. The molecule has 3 aliphatic rings. The fourth-order valence-corrected chi connectivity index (χ4v) is 5.15. The molecule has 2 atom stereocenters. The van der Waals surface area contributed by atoms with Crippen LogP contribution in [0.3, 0.4) is 0 Å². The Hall–Kier alpha value is -1.70. The average Bonchev–Trinajstić information content (AvgIpc) is 3.58. The lowest BCUT2D eigenvalue weighted by Gasteiger charge is -2.38. The monoisotopic (exact) mass is 446 g/mol. The van der Waals surface area contributed by atoms with Gasteiger partial charge in [-0.25, -0.2) is 4.39 Å². The highest BCUT2D eigenvalue weighted by molar-refractivity contribution is 7.81. The maximum atomic E-state index is 14.7. The number of likely N-dealkylation sites (tertiary alicyclic amines) is 2. The van der Waals surface area contributed by atoms with E-state index in [4.69, 9.17) is 17.7 Å². The smallest absolute Gasteiger partial charge is 0.317 e.